The number of phenolic OH excluding ortho intramolecular Hbond substituents is 3. The number of carbonyl (C=O) groups excluding carboxylic acids is 1. The predicted molar refractivity (Wildman–Crippen MR) is 210 cm³/mol. The van der Waals surface area contributed by atoms with Crippen LogP contribution in [0.5, 0.6) is 28.7 Å². The molecule has 0 saturated carbocycles. The molecule has 4 aliphatic rings. The van der Waals surface area contributed by atoms with Crippen LogP contribution in [0.1, 0.15) is 29.7 Å². The molecule has 21 nitrogen and oxygen atoms in total. The van der Waals surface area contributed by atoms with Crippen LogP contribution in [-0.2, 0) is 33.2 Å². The van der Waals surface area contributed by atoms with E-state index < -0.39 is 117 Å². The largest absolute Gasteiger partial charge is 0.571 e. The normalized spacial score (nSPS) is 35.6. The lowest BCUT2D eigenvalue weighted by atomic mass is 9.98. The highest BCUT2D eigenvalue weighted by Crippen LogP contribution is 2.46. The van der Waals surface area contributed by atoms with E-state index >= 15 is 0 Å². The fourth-order valence-corrected chi connectivity index (χ4v) is 7.36. The minimum absolute atomic E-state index is 0.0352. The Bertz CT molecular complexity index is 2090. The molecule has 4 aliphatic heterocycles. The third-order valence-electron chi connectivity index (χ3n) is 10.9. The maximum atomic E-state index is 12.6. The molecule has 0 aliphatic carbocycles. The van der Waals surface area contributed by atoms with Crippen molar-refractivity contribution in [2.24, 2.45) is 0 Å². The maximum Gasteiger partial charge on any atom is 0.331 e. The summed E-state index contributed by atoms with van der Waals surface area (Å²) in [6.45, 7) is 0.0997. The van der Waals surface area contributed by atoms with Crippen molar-refractivity contribution in [1.29, 1.82) is 0 Å². The molecule has 16 atom stereocenters. The quantitative estimate of drug-likeness (QED) is 0.0545. The van der Waals surface area contributed by atoms with E-state index in [4.69, 9.17) is 37.9 Å². The van der Waals surface area contributed by atoms with Gasteiger partial charge in [-0.2, -0.15) is 0 Å². The van der Waals surface area contributed by atoms with Gasteiger partial charge in [-0.3, -0.25) is 0 Å². The first-order valence-electron chi connectivity index (χ1n) is 19.8. The van der Waals surface area contributed by atoms with E-state index in [0.717, 1.165) is 12.1 Å². The number of esters is 1. The summed E-state index contributed by atoms with van der Waals surface area (Å²) in [4.78, 5) is 12.6. The lowest BCUT2D eigenvalue weighted by Crippen LogP contribution is -2.61. The van der Waals surface area contributed by atoms with Crippen molar-refractivity contribution in [2.75, 3.05) is 13.2 Å². The van der Waals surface area contributed by atoms with Gasteiger partial charge in [0, 0.05) is 18.2 Å². The highest BCUT2D eigenvalue weighted by Gasteiger charge is 2.50. The molecule has 3 aromatic carbocycles. The van der Waals surface area contributed by atoms with Crippen molar-refractivity contribution in [2.45, 2.75) is 105 Å². The van der Waals surface area contributed by atoms with Gasteiger partial charge in [0.15, 0.2) is 18.2 Å². The number of rotatable bonds is 12. The molecular formula is C42H49O21+. The van der Waals surface area contributed by atoms with Crippen LogP contribution < -0.4 is 4.74 Å². The van der Waals surface area contributed by atoms with Gasteiger partial charge in [-0.15, -0.1) is 0 Å². The highest BCUT2D eigenvalue weighted by atomic mass is 16.7. The molecule has 7 rings (SSSR count). The predicted octanol–water partition coefficient (Wildman–Crippen LogP) is -1.75. The van der Waals surface area contributed by atoms with E-state index in [1.165, 1.54) is 61.5 Å². The molecule has 0 amide bonds. The van der Waals surface area contributed by atoms with Crippen LogP contribution in [0.3, 0.4) is 0 Å². The molecule has 16 unspecified atom stereocenters. The fourth-order valence-electron chi connectivity index (χ4n) is 7.36. The minimum atomic E-state index is -1.90. The average molecular weight is 890 g/mol. The SMILES string of the molecule is CC1OC(OCC2OC(OC3=Cc4c(OC5OC(CO)C(O)C(O)C5O)cc(O)cc4[OH+]C3c3ccc(O)cc3)C(O)C(O)C2O)C(O)C(O)C1OC(=O)C=Cc1ccc(O)cc1. The molecule has 0 aromatic heterocycles. The van der Waals surface area contributed by atoms with Crippen LogP contribution in [0.4, 0.5) is 0 Å². The van der Waals surface area contributed by atoms with Gasteiger partial charge in [-0.25, -0.2) is 4.79 Å². The van der Waals surface area contributed by atoms with Gasteiger partial charge in [0.05, 0.1) is 30.9 Å². The van der Waals surface area contributed by atoms with Crippen molar-refractivity contribution < 1.29 is 104 Å². The van der Waals surface area contributed by atoms with Crippen molar-refractivity contribution in [3.8, 4) is 28.7 Å². The number of aromatic hydroxyl groups is 4. The topological polar surface area (TPSA) is 337 Å². The van der Waals surface area contributed by atoms with Gasteiger partial charge < -0.3 is 99.2 Å². The molecule has 0 radical (unpaired) electrons. The van der Waals surface area contributed by atoms with Gasteiger partial charge in [0.25, 0.3) is 11.9 Å². The average Bonchev–Trinajstić information content (AvgIpc) is 3.26. The van der Waals surface area contributed by atoms with E-state index in [9.17, 15) is 66.1 Å². The molecule has 3 fully saturated rings. The van der Waals surface area contributed by atoms with Crippen LogP contribution in [0.15, 0.2) is 72.5 Å². The Labute approximate surface area is 358 Å². The van der Waals surface area contributed by atoms with E-state index in [1.54, 1.807) is 12.1 Å². The summed E-state index contributed by atoms with van der Waals surface area (Å²) in [5, 5.41) is 126. The number of fused-ring (bicyclic) bond motifs is 1. The summed E-state index contributed by atoms with van der Waals surface area (Å²) in [6.07, 6.45) is -21.7. The number of hydrogen-bond donors (Lipinski definition) is 12. The van der Waals surface area contributed by atoms with E-state index in [2.05, 4.69) is 0 Å². The van der Waals surface area contributed by atoms with Gasteiger partial charge in [-0.1, -0.05) is 12.1 Å². The van der Waals surface area contributed by atoms with Crippen LogP contribution in [-0.4, -0.2) is 177 Å². The number of carbonyl (C=O) groups is 1. The summed E-state index contributed by atoms with van der Waals surface area (Å²) >= 11 is 0. The van der Waals surface area contributed by atoms with Gasteiger partial charge in [-0.05, 0) is 55.0 Å². The number of benzene rings is 3. The van der Waals surface area contributed by atoms with Crippen molar-refractivity contribution in [3.63, 3.8) is 0 Å². The summed E-state index contributed by atoms with van der Waals surface area (Å²) in [5.41, 5.74) is 1.10. The number of phenols is 3. The van der Waals surface area contributed by atoms with Crippen LogP contribution in [0, 0.1) is 0 Å². The maximum absolute atomic E-state index is 12.6. The van der Waals surface area contributed by atoms with Gasteiger partial charge in [0.2, 0.25) is 12.6 Å². The second-order valence-electron chi connectivity index (χ2n) is 15.3. The number of hydrogen-bond acceptors (Lipinski definition) is 20. The lowest BCUT2D eigenvalue weighted by Gasteiger charge is -2.43. The lowest BCUT2D eigenvalue weighted by molar-refractivity contribution is -0.325. The molecule has 3 aromatic rings. The van der Waals surface area contributed by atoms with Crippen LogP contribution >= 0.6 is 0 Å². The Morgan fingerprint density at radius 1 is 0.683 bits per heavy atom. The monoisotopic (exact) mass is 889 g/mol. The molecular weight excluding hydrogens is 840 g/mol. The summed E-state index contributed by atoms with van der Waals surface area (Å²) < 4.78 is 44.9. The highest BCUT2D eigenvalue weighted by molar-refractivity contribution is 5.87. The number of ether oxygens (including phenoxy) is 8. The molecule has 13 N–H and O–H groups in total. The molecule has 0 bridgehead atoms. The smallest absolute Gasteiger partial charge is 0.331 e. The van der Waals surface area contributed by atoms with E-state index in [1.807, 2.05) is 0 Å². The van der Waals surface area contributed by atoms with Gasteiger partial charge >= 0.3 is 5.97 Å². The second kappa shape index (κ2) is 19.3. The van der Waals surface area contributed by atoms with Crippen LogP contribution in [0.2, 0.25) is 0 Å². The summed E-state index contributed by atoms with van der Waals surface area (Å²) in [5.74, 6) is -1.41. The van der Waals surface area contributed by atoms with E-state index in [-0.39, 0.29) is 40.1 Å². The zero-order valence-corrected chi connectivity index (χ0v) is 33.2. The zero-order valence-electron chi connectivity index (χ0n) is 33.2. The van der Waals surface area contributed by atoms with Crippen molar-refractivity contribution in [3.05, 3.63) is 89.2 Å². The van der Waals surface area contributed by atoms with Crippen LogP contribution in [0.25, 0.3) is 12.2 Å². The third-order valence-corrected chi connectivity index (χ3v) is 10.9. The standard InChI is InChI=1S/C42H48O21/c1-17-38(63-29(47)11-4-18-2-7-20(44)8-3-18)34(52)37(55)40(57-17)56-16-28-31(49)33(51)36(54)42(62-28)60-26-14-23-24(58-39(26)19-5-9-21(45)10-6-19)12-22(46)13-25(23)59-41-35(53)32(50)30(48)27(15-43)61-41/h2-14,17,27-28,30-46,48-55H,15-16H2,1H3/p+1. The molecule has 21 heteroatoms. The number of aliphatic hydroxyl groups is 10. The third kappa shape index (κ3) is 10.0. The van der Waals surface area contributed by atoms with Gasteiger partial charge in [0.1, 0.15) is 89.6 Å². The summed E-state index contributed by atoms with van der Waals surface area (Å²) in [6, 6.07) is 14.1. The molecule has 342 valence electrons. The first kappa shape index (κ1) is 45.9. The Hall–Kier alpha value is -5.11. The first-order valence-corrected chi connectivity index (χ1v) is 19.8. The first-order chi connectivity index (χ1) is 30.0. The fraction of sp³-hybridized carbons (Fsp3) is 0.452. The number of aliphatic hydroxyl groups excluding tert-OH is 9. The molecule has 3 saturated heterocycles. The molecule has 63 heavy (non-hydrogen) atoms. The minimum Gasteiger partial charge on any atom is -0.571 e. The molecule has 0 spiro atoms. The second-order valence-corrected chi connectivity index (χ2v) is 15.3. The van der Waals surface area contributed by atoms with Crippen molar-refractivity contribution in [1.82, 2.24) is 0 Å². The Balaban J connectivity index is 1.07. The Kier molecular flexibility index (Phi) is 14.1. The van der Waals surface area contributed by atoms with E-state index in [0.29, 0.717) is 11.1 Å². The van der Waals surface area contributed by atoms with Crippen molar-refractivity contribution >= 4 is 18.1 Å². The summed E-state index contributed by atoms with van der Waals surface area (Å²) in [7, 11) is 0. The molecule has 4 heterocycles. The zero-order chi connectivity index (χ0) is 45.3. The Morgan fingerprint density at radius 3 is 1.92 bits per heavy atom. The Morgan fingerprint density at radius 2 is 1.27 bits per heavy atom.